The van der Waals surface area contributed by atoms with Crippen LogP contribution in [0.3, 0.4) is 0 Å². The van der Waals surface area contributed by atoms with Crippen molar-refractivity contribution >= 4 is 5.91 Å². The summed E-state index contributed by atoms with van der Waals surface area (Å²) in [4.78, 5) is 12.4. The molecule has 0 fully saturated rings. The lowest BCUT2D eigenvalue weighted by molar-refractivity contribution is -0.123. The minimum absolute atomic E-state index is 0.0262. The van der Waals surface area contributed by atoms with Crippen LogP contribution < -0.4 is 5.32 Å². The van der Waals surface area contributed by atoms with E-state index >= 15 is 0 Å². The molecule has 0 saturated heterocycles. The molecule has 0 rings (SSSR count). The second-order valence-electron chi connectivity index (χ2n) is 17.6. The van der Waals surface area contributed by atoms with Crippen molar-refractivity contribution in [2.24, 2.45) is 0 Å². The van der Waals surface area contributed by atoms with Crippen molar-refractivity contribution in [3.05, 3.63) is 0 Å². The molecule has 0 unspecified atom stereocenters. The molecule has 0 bridgehead atoms. The maximum atomic E-state index is 12.4. The molecule has 0 aromatic heterocycles. The Bertz CT molecular complexity index is 699. The summed E-state index contributed by atoms with van der Waals surface area (Å²) in [7, 11) is 0. The Kier molecular flexibility index (Phi) is 46.2. The number of carbonyl (C=O) groups is 1. The number of hydrogen-bond donors (Lipinski definition) is 3. The molecule has 0 aromatic carbocycles. The average Bonchev–Trinajstić information content (AvgIpc) is 3.18. The van der Waals surface area contributed by atoms with Crippen LogP contribution in [0.2, 0.25) is 0 Å². The first-order valence-electron chi connectivity index (χ1n) is 25.2. The zero-order valence-corrected chi connectivity index (χ0v) is 37.3. The van der Waals surface area contributed by atoms with Gasteiger partial charge in [0.25, 0.3) is 0 Å². The van der Waals surface area contributed by atoms with E-state index in [1.807, 2.05) is 0 Å². The number of rotatable bonds is 47. The molecule has 0 aliphatic carbocycles. The first-order chi connectivity index (χ1) is 26.7. The molecule has 324 valence electrons. The second-order valence-corrected chi connectivity index (χ2v) is 17.6. The Morgan fingerprint density at radius 2 is 0.593 bits per heavy atom. The van der Waals surface area contributed by atoms with Gasteiger partial charge in [-0.2, -0.15) is 0 Å². The van der Waals surface area contributed by atoms with Crippen LogP contribution in [0.4, 0.5) is 0 Å². The highest BCUT2D eigenvalue weighted by molar-refractivity contribution is 5.76. The van der Waals surface area contributed by atoms with E-state index in [1.165, 1.54) is 244 Å². The van der Waals surface area contributed by atoms with Gasteiger partial charge in [-0.15, -0.1) is 0 Å². The third kappa shape index (κ3) is 42.5. The van der Waals surface area contributed by atoms with Gasteiger partial charge < -0.3 is 15.5 Å². The summed E-state index contributed by atoms with van der Waals surface area (Å²) in [6, 6.07) is -0.528. The predicted octanol–water partition coefficient (Wildman–Crippen LogP) is 16.0. The van der Waals surface area contributed by atoms with Gasteiger partial charge in [0.2, 0.25) is 5.91 Å². The van der Waals surface area contributed by atoms with Gasteiger partial charge in [0.05, 0.1) is 18.8 Å². The summed E-state index contributed by atoms with van der Waals surface area (Å²) in [5, 5.41) is 23.1. The molecule has 2 atom stereocenters. The molecular formula is C50H101NO3. The minimum atomic E-state index is -0.652. The third-order valence-corrected chi connectivity index (χ3v) is 12.1. The molecule has 3 N–H and O–H groups in total. The third-order valence-electron chi connectivity index (χ3n) is 12.1. The highest BCUT2D eigenvalue weighted by atomic mass is 16.3. The quantitative estimate of drug-likeness (QED) is 0.0541. The molecule has 4 nitrogen and oxygen atoms in total. The van der Waals surface area contributed by atoms with Crippen molar-refractivity contribution in [2.75, 3.05) is 6.61 Å². The standard InChI is InChI=1S/C50H101NO3/c1-3-5-7-9-11-13-15-16-17-18-19-20-21-22-23-24-25-26-27-28-29-30-31-32-33-34-35-36-38-40-42-44-46-50(54)51-48(47-52)49(53)45-43-41-39-37-14-12-10-8-6-4-2/h48-49,52-53H,3-47H2,1-2H3,(H,51,54)/t48-,49+/m0/s1. The van der Waals surface area contributed by atoms with Crippen molar-refractivity contribution in [3.8, 4) is 0 Å². The van der Waals surface area contributed by atoms with Gasteiger partial charge in [0, 0.05) is 6.42 Å². The van der Waals surface area contributed by atoms with Crippen molar-refractivity contribution in [1.82, 2.24) is 5.32 Å². The summed E-state index contributed by atoms with van der Waals surface area (Å²) >= 11 is 0. The molecule has 4 heteroatoms. The number of hydrogen-bond acceptors (Lipinski definition) is 3. The largest absolute Gasteiger partial charge is 0.394 e. The fraction of sp³-hybridized carbons (Fsp3) is 0.980. The molecule has 0 aromatic rings. The molecule has 0 heterocycles. The van der Waals surface area contributed by atoms with E-state index in [0.717, 1.165) is 25.7 Å². The van der Waals surface area contributed by atoms with Crippen LogP contribution in [-0.4, -0.2) is 34.9 Å². The van der Waals surface area contributed by atoms with E-state index in [2.05, 4.69) is 19.2 Å². The van der Waals surface area contributed by atoms with Crippen molar-refractivity contribution < 1.29 is 15.0 Å². The average molecular weight is 764 g/mol. The van der Waals surface area contributed by atoms with E-state index in [0.29, 0.717) is 12.8 Å². The Hall–Kier alpha value is -0.610. The lowest BCUT2D eigenvalue weighted by Gasteiger charge is -2.22. The molecule has 0 radical (unpaired) electrons. The molecular weight excluding hydrogens is 663 g/mol. The molecule has 0 aliphatic rings. The van der Waals surface area contributed by atoms with Crippen LogP contribution in [0, 0.1) is 0 Å². The summed E-state index contributed by atoms with van der Waals surface area (Å²) in [5.74, 6) is -0.0262. The summed E-state index contributed by atoms with van der Waals surface area (Å²) in [6.45, 7) is 4.37. The molecule has 54 heavy (non-hydrogen) atoms. The number of nitrogens with one attached hydrogen (secondary N) is 1. The zero-order chi connectivity index (χ0) is 39.3. The van der Waals surface area contributed by atoms with E-state index in [4.69, 9.17) is 0 Å². The van der Waals surface area contributed by atoms with Crippen LogP contribution in [0.1, 0.15) is 296 Å². The van der Waals surface area contributed by atoms with Gasteiger partial charge in [-0.05, 0) is 12.8 Å². The van der Waals surface area contributed by atoms with Gasteiger partial charge in [-0.25, -0.2) is 0 Å². The Morgan fingerprint density at radius 3 is 0.833 bits per heavy atom. The fourth-order valence-corrected chi connectivity index (χ4v) is 8.25. The minimum Gasteiger partial charge on any atom is -0.394 e. The SMILES string of the molecule is CCCCCCCCCCCCCCCCCCCCCCCCCCCCCCCCCCC(=O)N[C@@H](CO)[C@H](O)CCCCCCCCCCCC. The fourth-order valence-electron chi connectivity index (χ4n) is 8.25. The maximum absolute atomic E-state index is 12.4. The monoisotopic (exact) mass is 764 g/mol. The normalized spacial score (nSPS) is 12.7. The van der Waals surface area contributed by atoms with Gasteiger partial charge >= 0.3 is 0 Å². The first-order valence-corrected chi connectivity index (χ1v) is 25.2. The van der Waals surface area contributed by atoms with Crippen molar-refractivity contribution in [3.63, 3.8) is 0 Å². The summed E-state index contributed by atoms with van der Waals surface area (Å²) < 4.78 is 0. The summed E-state index contributed by atoms with van der Waals surface area (Å²) in [5.41, 5.74) is 0. The molecule has 0 aliphatic heterocycles. The smallest absolute Gasteiger partial charge is 0.220 e. The lowest BCUT2D eigenvalue weighted by Crippen LogP contribution is -2.45. The van der Waals surface area contributed by atoms with Crippen LogP contribution >= 0.6 is 0 Å². The topological polar surface area (TPSA) is 69.6 Å². The van der Waals surface area contributed by atoms with Gasteiger partial charge in [0.15, 0.2) is 0 Å². The highest BCUT2D eigenvalue weighted by Gasteiger charge is 2.20. The Morgan fingerprint density at radius 1 is 0.370 bits per heavy atom. The van der Waals surface area contributed by atoms with Crippen LogP contribution in [0.5, 0.6) is 0 Å². The number of amides is 1. The van der Waals surface area contributed by atoms with Gasteiger partial charge in [-0.1, -0.05) is 277 Å². The van der Waals surface area contributed by atoms with Crippen molar-refractivity contribution in [1.29, 1.82) is 0 Å². The first kappa shape index (κ1) is 53.4. The van der Waals surface area contributed by atoms with Crippen LogP contribution in [0.15, 0.2) is 0 Å². The predicted molar refractivity (Wildman–Crippen MR) is 240 cm³/mol. The van der Waals surface area contributed by atoms with E-state index in [-0.39, 0.29) is 12.5 Å². The second kappa shape index (κ2) is 46.8. The number of unbranched alkanes of at least 4 members (excludes halogenated alkanes) is 40. The van der Waals surface area contributed by atoms with E-state index < -0.39 is 12.1 Å². The van der Waals surface area contributed by atoms with Crippen molar-refractivity contribution in [2.45, 2.75) is 309 Å². The maximum Gasteiger partial charge on any atom is 0.220 e. The lowest BCUT2D eigenvalue weighted by atomic mass is 10.0. The van der Waals surface area contributed by atoms with Crippen LogP contribution in [0.25, 0.3) is 0 Å². The molecule has 0 spiro atoms. The Balaban J connectivity index is 3.33. The number of aliphatic hydroxyl groups is 2. The Labute approximate surface area is 340 Å². The van der Waals surface area contributed by atoms with Gasteiger partial charge in [-0.3, -0.25) is 4.79 Å². The van der Waals surface area contributed by atoms with Crippen LogP contribution in [-0.2, 0) is 4.79 Å². The van der Waals surface area contributed by atoms with E-state index in [1.54, 1.807) is 0 Å². The highest BCUT2D eigenvalue weighted by Crippen LogP contribution is 2.18. The molecule has 0 saturated carbocycles. The van der Waals surface area contributed by atoms with Gasteiger partial charge in [0.1, 0.15) is 0 Å². The van der Waals surface area contributed by atoms with E-state index in [9.17, 15) is 15.0 Å². The number of carbonyl (C=O) groups excluding carboxylic acids is 1. The zero-order valence-electron chi connectivity index (χ0n) is 37.3. The summed E-state index contributed by atoms with van der Waals surface area (Å²) in [6.07, 6.45) is 58.0. The number of aliphatic hydroxyl groups excluding tert-OH is 2. The molecule has 1 amide bonds.